The van der Waals surface area contributed by atoms with Crippen LogP contribution in [0, 0.1) is 6.92 Å². The van der Waals surface area contributed by atoms with Crippen LogP contribution in [0.25, 0.3) is 0 Å². The molecule has 1 fully saturated rings. The summed E-state index contributed by atoms with van der Waals surface area (Å²) in [5, 5.41) is 10.4. The number of hydrogen-bond acceptors (Lipinski definition) is 3. The molecule has 5 nitrogen and oxygen atoms in total. The third-order valence-corrected chi connectivity index (χ3v) is 4.31. The first-order chi connectivity index (χ1) is 11.9. The quantitative estimate of drug-likeness (QED) is 0.421. The van der Waals surface area contributed by atoms with E-state index in [9.17, 15) is 0 Å². The van der Waals surface area contributed by atoms with E-state index < -0.39 is 0 Å². The van der Waals surface area contributed by atoms with E-state index in [0.717, 1.165) is 45.1 Å². The van der Waals surface area contributed by atoms with Crippen molar-refractivity contribution in [2.45, 2.75) is 52.6 Å². The molecule has 0 amide bonds. The van der Waals surface area contributed by atoms with Gasteiger partial charge in [-0.25, -0.2) is 0 Å². The van der Waals surface area contributed by atoms with Crippen molar-refractivity contribution >= 4 is 11.6 Å². The van der Waals surface area contributed by atoms with Crippen molar-refractivity contribution in [1.29, 1.82) is 0 Å². The molecule has 1 saturated heterocycles. The fourth-order valence-electron chi connectivity index (χ4n) is 2.98. The molecule has 2 rings (SSSR count). The number of anilines is 1. The van der Waals surface area contributed by atoms with Gasteiger partial charge in [0.05, 0.1) is 6.54 Å². The first-order valence-corrected chi connectivity index (χ1v) is 9.49. The smallest absolute Gasteiger partial charge is 0.191 e. The molecule has 0 aliphatic carbocycles. The van der Waals surface area contributed by atoms with E-state index in [1.54, 1.807) is 0 Å². The van der Waals surface area contributed by atoms with Crippen molar-refractivity contribution in [2.24, 2.45) is 4.99 Å². The van der Waals surface area contributed by atoms with Gasteiger partial charge in [-0.1, -0.05) is 17.7 Å². The van der Waals surface area contributed by atoms with Crippen molar-refractivity contribution < 1.29 is 0 Å². The van der Waals surface area contributed by atoms with Gasteiger partial charge in [-0.05, 0) is 53.2 Å². The van der Waals surface area contributed by atoms with Crippen LogP contribution in [-0.2, 0) is 0 Å². The predicted molar refractivity (Wildman–Crippen MR) is 109 cm³/mol. The fraction of sp³-hybridized carbons (Fsp3) is 0.650. The van der Waals surface area contributed by atoms with Crippen LogP contribution in [0.15, 0.2) is 29.3 Å². The van der Waals surface area contributed by atoms with Crippen molar-refractivity contribution in [3.63, 3.8) is 0 Å². The number of hydrogen-bond donors (Lipinski definition) is 3. The van der Waals surface area contributed by atoms with Crippen LogP contribution in [0.3, 0.4) is 0 Å². The highest BCUT2D eigenvalue weighted by Crippen LogP contribution is 2.20. The van der Waals surface area contributed by atoms with Gasteiger partial charge in [0.2, 0.25) is 0 Å². The molecule has 1 atom stereocenters. The Kier molecular flexibility index (Phi) is 7.12. The Morgan fingerprint density at radius 2 is 1.96 bits per heavy atom. The highest BCUT2D eigenvalue weighted by Gasteiger charge is 2.23. The van der Waals surface area contributed by atoms with Crippen LogP contribution in [0.2, 0.25) is 0 Å². The summed E-state index contributed by atoms with van der Waals surface area (Å²) in [4.78, 5) is 7.15. The van der Waals surface area contributed by atoms with E-state index in [2.05, 4.69) is 79.7 Å². The van der Waals surface area contributed by atoms with E-state index >= 15 is 0 Å². The Balaban J connectivity index is 1.84. The maximum atomic E-state index is 4.70. The highest BCUT2D eigenvalue weighted by molar-refractivity contribution is 5.80. The van der Waals surface area contributed by atoms with E-state index in [1.807, 2.05) is 0 Å². The molecule has 1 aromatic rings. The monoisotopic (exact) mass is 345 g/mol. The number of guanidine groups is 1. The third kappa shape index (κ3) is 6.94. The predicted octanol–water partition coefficient (Wildman–Crippen LogP) is 2.52. The molecule has 0 radical (unpaired) electrons. The minimum absolute atomic E-state index is 0.140. The van der Waals surface area contributed by atoms with Crippen molar-refractivity contribution in [3.8, 4) is 0 Å². The summed E-state index contributed by atoms with van der Waals surface area (Å²) in [6.07, 6.45) is 1.14. The maximum Gasteiger partial charge on any atom is 0.191 e. The van der Waals surface area contributed by atoms with Gasteiger partial charge in [-0.3, -0.25) is 4.99 Å². The normalized spacial score (nSPS) is 18.5. The zero-order valence-corrected chi connectivity index (χ0v) is 16.5. The second-order valence-corrected chi connectivity index (χ2v) is 7.85. The number of aryl methyl sites for hydroxylation is 1. The highest BCUT2D eigenvalue weighted by atomic mass is 15.2. The number of nitrogens with one attached hydrogen (secondary N) is 3. The van der Waals surface area contributed by atoms with Gasteiger partial charge in [-0.2, -0.15) is 0 Å². The van der Waals surface area contributed by atoms with Crippen LogP contribution in [0.1, 0.15) is 39.7 Å². The van der Waals surface area contributed by atoms with Crippen molar-refractivity contribution in [2.75, 3.05) is 37.6 Å². The molecule has 5 heteroatoms. The summed E-state index contributed by atoms with van der Waals surface area (Å²) in [6.45, 7) is 15.4. The lowest BCUT2D eigenvalue weighted by molar-refractivity contribution is 0.432. The van der Waals surface area contributed by atoms with Gasteiger partial charge in [0.25, 0.3) is 0 Å². The minimum Gasteiger partial charge on any atom is -0.369 e. The number of benzene rings is 1. The Hall–Kier alpha value is -1.75. The lowest BCUT2D eigenvalue weighted by Gasteiger charge is -2.21. The van der Waals surface area contributed by atoms with Crippen LogP contribution >= 0.6 is 0 Å². The molecule has 1 heterocycles. The average Bonchev–Trinajstić information content (AvgIpc) is 3.00. The van der Waals surface area contributed by atoms with Gasteiger partial charge in [0, 0.05) is 43.4 Å². The SMILES string of the molecule is CCNC(=NCCNC(C)(C)C)NC1CCN(c2ccc(C)cc2)C1. The third-order valence-electron chi connectivity index (χ3n) is 4.31. The zero-order chi connectivity index (χ0) is 18.3. The van der Waals surface area contributed by atoms with Crippen LogP contribution < -0.4 is 20.9 Å². The number of nitrogens with zero attached hydrogens (tertiary/aromatic N) is 2. The second kappa shape index (κ2) is 9.09. The van der Waals surface area contributed by atoms with Gasteiger partial charge >= 0.3 is 0 Å². The molecule has 25 heavy (non-hydrogen) atoms. The molecule has 0 aromatic heterocycles. The topological polar surface area (TPSA) is 51.7 Å². The van der Waals surface area contributed by atoms with Gasteiger partial charge in [-0.15, -0.1) is 0 Å². The minimum atomic E-state index is 0.140. The number of rotatable bonds is 6. The van der Waals surface area contributed by atoms with E-state index in [0.29, 0.717) is 6.04 Å². The van der Waals surface area contributed by atoms with Crippen molar-refractivity contribution in [3.05, 3.63) is 29.8 Å². The fourth-order valence-corrected chi connectivity index (χ4v) is 2.98. The Morgan fingerprint density at radius 1 is 1.24 bits per heavy atom. The molecule has 1 aromatic carbocycles. The molecular formula is C20H35N5. The lowest BCUT2D eigenvalue weighted by Crippen LogP contribution is -2.45. The first kappa shape index (κ1) is 19.6. The zero-order valence-electron chi connectivity index (χ0n) is 16.5. The van der Waals surface area contributed by atoms with E-state index in [-0.39, 0.29) is 5.54 Å². The maximum absolute atomic E-state index is 4.70. The summed E-state index contributed by atoms with van der Waals surface area (Å²) in [6, 6.07) is 9.24. The van der Waals surface area contributed by atoms with Gasteiger partial charge < -0.3 is 20.9 Å². The summed E-state index contributed by atoms with van der Waals surface area (Å²) in [5.74, 6) is 0.925. The summed E-state index contributed by atoms with van der Waals surface area (Å²) in [7, 11) is 0. The Morgan fingerprint density at radius 3 is 2.60 bits per heavy atom. The molecule has 0 spiro atoms. The molecule has 0 saturated carbocycles. The van der Waals surface area contributed by atoms with E-state index in [4.69, 9.17) is 4.99 Å². The second-order valence-electron chi connectivity index (χ2n) is 7.85. The Labute approximate surface area is 153 Å². The molecule has 140 valence electrons. The lowest BCUT2D eigenvalue weighted by atomic mass is 10.1. The Bertz CT molecular complexity index is 544. The molecule has 1 aliphatic heterocycles. The van der Waals surface area contributed by atoms with Crippen LogP contribution in [-0.4, -0.2) is 50.3 Å². The molecule has 0 bridgehead atoms. The van der Waals surface area contributed by atoms with Crippen molar-refractivity contribution in [1.82, 2.24) is 16.0 Å². The van der Waals surface area contributed by atoms with Crippen LogP contribution in [0.5, 0.6) is 0 Å². The average molecular weight is 346 g/mol. The molecule has 3 N–H and O–H groups in total. The standard InChI is InChI=1S/C20H35N5/c1-6-21-19(22-12-13-23-20(3,4)5)24-17-11-14-25(15-17)18-9-7-16(2)8-10-18/h7-10,17,23H,6,11-15H2,1-5H3,(H2,21,22,24). The van der Waals surface area contributed by atoms with E-state index in [1.165, 1.54) is 11.3 Å². The van der Waals surface area contributed by atoms with Gasteiger partial charge in [0.1, 0.15) is 0 Å². The number of aliphatic imine (C=N–C) groups is 1. The molecule has 1 unspecified atom stereocenters. The summed E-state index contributed by atoms with van der Waals surface area (Å²) < 4.78 is 0. The van der Waals surface area contributed by atoms with Gasteiger partial charge in [0.15, 0.2) is 5.96 Å². The largest absolute Gasteiger partial charge is 0.369 e. The summed E-state index contributed by atoms with van der Waals surface area (Å²) >= 11 is 0. The molecule has 1 aliphatic rings. The summed E-state index contributed by atoms with van der Waals surface area (Å²) in [5.41, 5.74) is 2.76. The van der Waals surface area contributed by atoms with Crippen LogP contribution in [0.4, 0.5) is 5.69 Å². The first-order valence-electron chi connectivity index (χ1n) is 9.49. The molecular weight excluding hydrogens is 310 g/mol.